The van der Waals surface area contributed by atoms with E-state index in [1.54, 1.807) is 0 Å². The van der Waals surface area contributed by atoms with Gasteiger partial charge in [-0.2, -0.15) is 0 Å². The summed E-state index contributed by atoms with van der Waals surface area (Å²) in [5.74, 6) is -0.175. The molecule has 0 atom stereocenters. The zero-order chi connectivity index (χ0) is 10.7. The van der Waals surface area contributed by atoms with Crippen molar-refractivity contribution in [3.8, 4) is 0 Å². The Labute approximate surface area is 90.3 Å². The molecule has 0 heterocycles. The molecule has 1 saturated carbocycles. The first-order valence-corrected chi connectivity index (χ1v) is 5.53. The second-order valence-corrected chi connectivity index (χ2v) is 4.18. The van der Waals surface area contributed by atoms with Gasteiger partial charge in [-0.3, -0.25) is 0 Å². The smallest absolute Gasteiger partial charge is 0.338 e. The van der Waals surface area contributed by atoms with Gasteiger partial charge in [-0.1, -0.05) is 17.7 Å². The number of rotatable bonds is 2. The van der Waals surface area contributed by atoms with E-state index < -0.39 is 0 Å². The summed E-state index contributed by atoms with van der Waals surface area (Å²) in [7, 11) is 0. The molecule has 1 aliphatic rings. The van der Waals surface area contributed by atoms with Gasteiger partial charge < -0.3 is 4.74 Å². The minimum absolute atomic E-state index is 0.151. The minimum atomic E-state index is -0.175. The van der Waals surface area contributed by atoms with Crippen LogP contribution >= 0.6 is 0 Å². The van der Waals surface area contributed by atoms with Crippen molar-refractivity contribution < 1.29 is 9.53 Å². The third-order valence-electron chi connectivity index (χ3n) is 2.83. The number of carbonyl (C=O) groups excluding carboxylic acids is 1. The van der Waals surface area contributed by atoms with Gasteiger partial charge in [-0.15, -0.1) is 0 Å². The quantitative estimate of drug-likeness (QED) is 0.692. The average molecular weight is 204 g/mol. The fourth-order valence-corrected chi connectivity index (χ4v) is 2.00. The van der Waals surface area contributed by atoms with Crippen molar-refractivity contribution in [2.45, 2.75) is 38.7 Å². The highest BCUT2D eigenvalue weighted by atomic mass is 16.5. The number of esters is 1. The van der Waals surface area contributed by atoms with Gasteiger partial charge in [0.25, 0.3) is 0 Å². The molecule has 1 aromatic rings. The molecule has 0 bridgehead atoms. The third kappa shape index (κ3) is 2.58. The molecule has 0 N–H and O–H groups in total. The minimum Gasteiger partial charge on any atom is -0.459 e. The zero-order valence-electron chi connectivity index (χ0n) is 9.03. The molecule has 1 aromatic carbocycles. The molecule has 0 saturated heterocycles. The van der Waals surface area contributed by atoms with Crippen LogP contribution in [0.4, 0.5) is 0 Å². The van der Waals surface area contributed by atoms with E-state index in [1.165, 1.54) is 12.8 Å². The van der Waals surface area contributed by atoms with E-state index in [1.807, 2.05) is 31.2 Å². The van der Waals surface area contributed by atoms with Crippen molar-refractivity contribution in [1.82, 2.24) is 0 Å². The highest BCUT2D eigenvalue weighted by molar-refractivity contribution is 5.89. The lowest BCUT2D eigenvalue weighted by Crippen LogP contribution is -2.14. The Morgan fingerprint density at radius 1 is 1.33 bits per heavy atom. The standard InChI is InChI=1S/C13H16O2/c1-10-5-4-6-11(9-10)13(14)15-12-7-2-3-8-12/h4-6,9,12H,2-3,7-8H2,1H3. The number of hydrogen-bond donors (Lipinski definition) is 0. The second-order valence-electron chi connectivity index (χ2n) is 4.18. The lowest BCUT2D eigenvalue weighted by atomic mass is 10.1. The molecular formula is C13H16O2. The van der Waals surface area contributed by atoms with Crippen LogP contribution in [0.15, 0.2) is 24.3 Å². The molecule has 0 unspecified atom stereocenters. The van der Waals surface area contributed by atoms with Gasteiger partial charge in [-0.25, -0.2) is 4.79 Å². The van der Waals surface area contributed by atoms with Gasteiger partial charge in [0.1, 0.15) is 6.10 Å². The molecule has 0 spiro atoms. The van der Waals surface area contributed by atoms with Crippen LogP contribution in [0.3, 0.4) is 0 Å². The van der Waals surface area contributed by atoms with E-state index in [4.69, 9.17) is 4.74 Å². The van der Waals surface area contributed by atoms with Crippen molar-refractivity contribution in [1.29, 1.82) is 0 Å². The van der Waals surface area contributed by atoms with Crippen molar-refractivity contribution in [3.63, 3.8) is 0 Å². The van der Waals surface area contributed by atoms with Gasteiger partial charge in [0.15, 0.2) is 0 Å². The summed E-state index contributed by atoms with van der Waals surface area (Å²) in [4.78, 5) is 11.7. The second kappa shape index (κ2) is 4.47. The molecule has 1 aliphatic carbocycles. The van der Waals surface area contributed by atoms with Gasteiger partial charge in [-0.05, 0) is 44.7 Å². The van der Waals surface area contributed by atoms with Crippen molar-refractivity contribution in [2.75, 3.05) is 0 Å². The summed E-state index contributed by atoms with van der Waals surface area (Å²) in [5, 5.41) is 0. The molecule has 80 valence electrons. The van der Waals surface area contributed by atoms with E-state index in [-0.39, 0.29) is 12.1 Å². The maximum Gasteiger partial charge on any atom is 0.338 e. The average Bonchev–Trinajstić information content (AvgIpc) is 2.70. The summed E-state index contributed by atoms with van der Waals surface area (Å²) in [6.45, 7) is 1.98. The summed E-state index contributed by atoms with van der Waals surface area (Å²) in [5.41, 5.74) is 1.76. The van der Waals surface area contributed by atoms with E-state index in [2.05, 4.69) is 0 Å². The predicted molar refractivity (Wildman–Crippen MR) is 58.9 cm³/mol. The Kier molecular flexibility index (Phi) is 3.05. The fraction of sp³-hybridized carbons (Fsp3) is 0.462. The van der Waals surface area contributed by atoms with Gasteiger partial charge in [0.05, 0.1) is 5.56 Å². The van der Waals surface area contributed by atoms with E-state index in [9.17, 15) is 4.79 Å². The summed E-state index contributed by atoms with van der Waals surface area (Å²) in [6.07, 6.45) is 4.57. The molecule has 2 rings (SSSR count). The van der Waals surface area contributed by atoms with Crippen LogP contribution in [-0.4, -0.2) is 12.1 Å². The molecule has 2 nitrogen and oxygen atoms in total. The summed E-state index contributed by atoms with van der Waals surface area (Å²) in [6, 6.07) is 7.55. The predicted octanol–water partition coefficient (Wildman–Crippen LogP) is 3.09. The Bertz CT molecular complexity index is 351. The molecule has 2 heteroatoms. The van der Waals surface area contributed by atoms with Crippen LogP contribution in [0.5, 0.6) is 0 Å². The van der Waals surface area contributed by atoms with Crippen LogP contribution < -0.4 is 0 Å². The zero-order valence-corrected chi connectivity index (χ0v) is 9.03. The van der Waals surface area contributed by atoms with Crippen LogP contribution in [0.25, 0.3) is 0 Å². The van der Waals surface area contributed by atoms with Crippen LogP contribution in [0, 0.1) is 6.92 Å². The molecule has 1 fully saturated rings. The number of aryl methyl sites for hydroxylation is 1. The number of ether oxygens (including phenoxy) is 1. The van der Waals surface area contributed by atoms with Gasteiger partial charge in [0.2, 0.25) is 0 Å². The lowest BCUT2D eigenvalue weighted by Gasteiger charge is -2.11. The van der Waals surface area contributed by atoms with Crippen molar-refractivity contribution >= 4 is 5.97 Å². The molecule has 0 aliphatic heterocycles. The normalized spacial score (nSPS) is 16.6. The van der Waals surface area contributed by atoms with Crippen LogP contribution in [0.2, 0.25) is 0 Å². The van der Waals surface area contributed by atoms with Gasteiger partial charge in [0, 0.05) is 0 Å². The molecule has 0 aromatic heterocycles. The molecule has 0 radical (unpaired) electrons. The Balaban J connectivity index is 2.01. The highest BCUT2D eigenvalue weighted by Crippen LogP contribution is 2.22. The number of carbonyl (C=O) groups is 1. The van der Waals surface area contributed by atoms with E-state index >= 15 is 0 Å². The first kappa shape index (κ1) is 10.2. The Hall–Kier alpha value is -1.31. The Morgan fingerprint density at radius 2 is 2.07 bits per heavy atom. The summed E-state index contributed by atoms with van der Waals surface area (Å²) >= 11 is 0. The summed E-state index contributed by atoms with van der Waals surface area (Å²) < 4.78 is 5.41. The molecular weight excluding hydrogens is 188 g/mol. The first-order chi connectivity index (χ1) is 7.25. The van der Waals surface area contributed by atoms with E-state index in [0.29, 0.717) is 5.56 Å². The van der Waals surface area contributed by atoms with Crippen LogP contribution in [-0.2, 0) is 4.74 Å². The van der Waals surface area contributed by atoms with Crippen molar-refractivity contribution in [3.05, 3.63) is 35.4 Å². The fourth-order valence-electron chi connectivity index (χ4n) is 2.00. The SMILES string of the molecule is Cc1cccc(C(=O)OC2CCCC2)c1. The Morgan fingerprint density at radius 3 is 2.73 bits per heavy atom. The number of hydrogen-bond acceptors (Lipinski definition) is 2. The largest absolute Gasteiger partial charge is 0.459 e. The van der Waals surface area contributed by atoms with Gasteiger partial charge >= 0.3 is 5.97 Å². The topological polar surface area (TPSA) is 26.3 Å². The lowest BCUT2D eigenvalue weighted by molar-refractivity contribution is 0.0318. The third-order valence-corrected chi connectivity index (χ3v) is 2.83. The monoisotopic (exact) mass is 204 g/mol. The molecule has 0 amide bonds. The maximum atomic E-state index is 11.7. The maximum absolute atomic E-state index is 11.7. The first-order valence-electron chi connectivity index (χ1n) is 5.53. The highest BCUT2D eigenvalue weighted by Gasteiger charge is 2.19. The van der Waals surface area contributed by atoms with E-state index in [0.717, 1.165) is 18.4 Å². The number of benzene rings is 1. The van der Waals surface area contributed by atoms with Crippen LogP contribution in [0.1, 0.15) is 41.6 Å². The molecule has 15 heavy (non-hydrogen) atoms. The van der Waals surface area contributed by atoms with Crippen molar-refractivity contribution in [2.24, 2.45) is 0 Å².